The number of carbonyl (C=O) groups excluding carboxylic acids is 1. The molecular weight excluding hydrogens is 496 g/mol. The number of pyridine rings is 1. The maximum Gasteiger partial charge on any atom is 0.277 e. The van der Waals surface area contributed by atoms with Crippen molar-refractivity contribution < 1.29 is 19.0 Å². The fraction of sp³-hybridized carbons (Fsp3) is 0.103. The minimum absolute atomic E-state index is 0.171. The number of hydrogen-bond donors (Lipinski definition) is 2. The summed E-state index contributed by atoms with van der Waals surface area (Å²) in [5.41, 5.74) is 2.28. The van der Waals surface area contributed by atoms with Crippen LogP contribution in [0.25, 0.3) is 0 Å². The minimum Gasteiger partial charge on any atom is -0.497 e. The Kier molecular flexibility index (Phi) is 7.63. The van der Waals surface area contributed by atoms with E-state index in [1.54, 1.807) is 61.6 Å². The number of para-hydroxylation sites is 1. The van der Waals surface area contributed by atoms with E-state index in [1.165, 1.54) is 0 Å². The number of methoxy groups -OCH3 is 2. The molecule has 3 aromatic carbocycles. The molecule has 0 saturated heterocycles. The number of rotatable bonds is 10. The molecule has 5 aromatic rings. The van der Waals surface area contributed by atoms with Crippen molar-refractivity contribution in [2.75, 3.05) is 24.9 Å². The van der Waals surface area contributed by atoms with Crippen LogP contribution in [-0.2, 0) is 6.54 Å². The Bertz CT molecular complexity index is 1550. The lowest BCUT2D eigenvalue weighted by molar-refractivity contribution is 0.102. The summed E-state index contributed by atoms with van der Waals surface area (Å²) in [6.07, 6.45) is 3.22. The average Bonchev–Trinajstić information content (AvgIpc) is 3.43. The normalized spacial score (nSPS) is 10.5. The van der Waals surface area contributed by atoms with Gasteiger partial charge in [-0.25, -0.2) is 9.67 Å². The maximum absolute atomic E-state index is 13.0. The summed E-state index contributed by atoms with van der Waals surface area (Å²) >= 11 is 0. The van der Waals surface area contributed by atoms with Crippen LogP contribution in [0.1, 0.15) is 16.1 Å². The van der Waals surface area contributed by atoms with Crippen molar-refractivity contribution in [3.05, 3.63) is 109 Å². The molecule has 0 unspecified atom stereocenters. The molecule has 0 atom stereocenters. The summed E-state index contributed by atoms with van der Waals surface area (Å²) in [5.74, 6) is 2.73. The molecule has 0 aliphatic heterocycles. The number of ether oxygens (including phenoxy) is 3. The number of nitrogens with zero attached hydrogens (tertiary/aromatic N) is 4. The minimum atomic E-state index is -0.415. The summed E-state index contributed by atoms with van der Waals surface area (Å²) < 4.78 is 18.2. The summed E-state index contributed by atoms with van der Waals surface area (Å²) in [5, 5.41) is 14.2. The monoisotopic (exact) mass is 522 g/mol. The molecule has 2 heterocycles. The Hall–Kier alpha value is -5.38. The number of anilines is 3. The molecule has 0 aliphatic rings. The lowest BCUT2D eigenvalue weighted by atomic mass is 10.2. The number of hydrogen-bond acceptors (Lipinski definition) is 8. The summed E-state index contributed by atoms with van der Waals surface area (Å²) in [6.45, 7) is 0.420. The van der Waals surface area contributed by atoms with E-state index in [-0.39, 0.29) is 5.69 Å². The highest BCUT2D eigenvalue weighted by Crippen LogP contribution is 2.30. The number of amides is 1. The van der Waals surface area contributed by atoms with Gasteiger partial charge in [0.05, 0.1) is 32.6 Å². The second-order valence-electron chi connectivity index (χ2n) is 8.44. The zero-order valence-corrected chi connectivity index (χ0v) is 21.4. The molecule has 0 spiro atoms. The topological polar surface area (TPSA) is 112 Å². The van der Waals surface area contributed by atoms with E-state index >= 15 is 0 Å². The van der Waals surface area contributed by atoms with Crippen molar-refractivity contribution in [2.24, 2.45) is 0 Å². The van der Waals surface area contributed by atoms with Gasteiger partial charge in [-0.15, -0.1) is 5.10 Å². The fourth-order valence-corrected chi connectivity index (χ4v) is 3.81. The first-order valence-corrected chi connectivity index (χ1v) is 12.1. The second-order valence-corrected chi connectivity index (χ2v) is 8.44. The van der Waals surface area contributed by atoms with Gasteiger partial charge >= 0.3 is 0 Å². The van der Waals surface area contributed by atoms with E-state index in [2.05, 4.69) is 25.9 Å². The van der Waals surface area contributed by atoms with Crippen LogP contribution in [0.3, 0.4) is 0 Å². The van der Waals surface area contributed by atoms with Gasteiger partial charge in [0.25, 0.3) is 5.91 Å². The van der Waals surface area contributed by atoms with Crippen LogP contribution < -0.4 is 24.8 Å². The number of benzene rings is 3. The largest absolute Gasteiger partial charge is 0.497 e. The standard InChI is InChI=1S/C29H26N6O4/c1-37-24-15-21(16-25(17-24)38-2)31-28-26(12-7-13-30-28)32-29(36)27-19-35(34-33-27)18-20-8-6-11-23(14-20)39-22-9-4-3-5-10-22/h3-17,19H,18H2,1-2H3,(H,30,31)(H,32,36). The average molecular weight is 523 g/mol. The first-order valence-electron chi connectivity index (χ1n) is 12.1. The predicted octanol–water partition coefficient (Wildman–Crippen LogP) is 5.53. The first kappa shape index (κ1) is 25.3. The van der Waals surface area contributed by atoms with Crippen molar-refractivity contribution in [3.63, 3.8) is 0 Å². The molecule has 196 valence electrons. The molecule has 10 heteroatoms. The van der Waals surface area contributed by atoms with Crippen molar-refractivity contribution in [2.45, 2.75) is 6.54 Å². The highest BCUT2D eigenvalue weighted by molar-refractivity contribution is 6.04. The van der Waals surface area contributed by atoms with Gasteiger partial charge in [-0.2, -0.15) is 0 Å². The molecule has 2 aromatic heterocycles. The van der Waals surface area contributed by atoms with Gasteiger partial charge in [-0.1, -0.05) is 35.5 Å². The maximum atomic E-state index is 13.0. The molecule has 10 nitrogen and oxygen atoms in total. The third-order valence-corrected chi connectivity index (χ3v) is 5.66. The van der Waals surface area contributed by atoms with E-state index in [4.69, 9.17) is 14.2 Å². The lowest BCUT2D eigenvalue weighted by Crippen LogP contribution is -2.14. The van der Waals surface area contributed by atoms with Crippen LogP contribution >= 0.6 is 0 Å². The number of aromatic nitrogens is 4. The Morgan fingerprint density at radius 2 is 1.62 bits per heavy atom. The molecular formula is C29H26N6O4. The fourth-order valence-electron chi connectivity index (χ4n) is 3.81. The van der Waals surface area contributed by atoms with Crippen molar-refractivity contribution in [1.29, 1.82) is 0 Å². The highest BCUT2D eigenvalue weighted by atomic mass is 16.5. The van der Waals surface area contributed by atoms with Gasteiger partial charge in [0.2, 0.25) is 0 Å². The van der Waals surface area contributed by atoms with Crippen molar-refractivity contribution >= 4 is 23.1 Å². The van der Waals surface area contributed by atoms with E-state index in [1.807, 2.05) is 54.6 Å². The molecule has 0 bridgehead atoms. The van der Waals surface area contributed by atoms with Crippen molar-refractivity contribution in [1.82, 2.24) is 20.0 Å². The van der Waals surface area contributed by atoms with Crippen molar-refractivity contribution in [3.8, 4) is 23.0 Å². The predicted molar refractivity (Wildman–Crippen MR) is 147 cm³/mol. The van der Waals surface area contributed by atoms with Crippen LogP contribution in [0.15, 0.2) is 97.3 Å². The van der Waals surface area contributed by atoms with E-state index in [9.17, 15) is 4.79 Å². The van der Waals surface area contributed by atoms with Gasteiger partial charge in [0, 0.05) is 30.1 Å². The van der Waals surface area contributed by atoms with Crippen LogP contribution in [0, 0.1) is 0 Å². The molecule has 1 amide bonds. The van der Waals surface area contributed by atoms with Gasteiger partial charge in [0.1, 0.15) is 23.0 Å². The number of carbonyl (C=O) groups is 1. The van der Waals surface area contributed by atoms with Crippen LogP contribution in [0.5, 0.6) is 23.0 Å². The smallest absolute Gasteiger partial charge is 0.277 e. The molecule has 0 aliphatic carbocycles. The zero-order chi connectivity index (χ0) is 27.0. The van der Waals surface area contributed by atoms with Gasteiger partial charge < -0.3 is 24.8 Å². The second kappa shape index (κ2) is 11.8. The Morgan fingerprint density at radius 3 is 2.38 bits per heavy atom. The lowest BCUT2D eigenvalue weighted by Gasteiger charge is -2.13. The molecule has 39 heavy (non-hydrogen) atoms. The summed E-state index contributed by atoms with van der Waals surface area (Å²) in [7, 11) is 3.15. The summed E-state index contributed by atoms with van der Waals surface area (Å²) in [4.78, 5) is 17.4. The highest BCUT2D eigenvalue weighted by Gasteiger charge is 2.15. The van der Waals surface area contributed by atoms with Crippen LogP contribution in [0.4, 0.5) is 17.2 Å². The summed E-state index contributed by atoms with van der Waals surface area (Å²) in [6, 6.07) is 26.1. The van der Waals surface area contributed by atoms with Crippen LogP contribution in [-0.4, -0.2) is 40.1 Å². The zero-order valence-electron chi connectivity index (χ0n) is 21.4. The molecule has 5 rings (SSSR count). The molecule has 0 saturated carbocycles. The Balaban J connectivity index is 1.26. The molecule has 2 N–H and O–H groups in total. The van der Waals surface area contributed by atoms with E-state index in [0.717, 1.165) is 11.3 Å². The van der Waals surface area contributed by atoms with Gasteiger partial charge in [-0.3, -0.25) is 4.79 Å². The Labute approximate surface area is 225 Å². The number of nitrogens with one attached hydrogen (secondary N) is 2. The van der Waals surface area contributed by atoms with E-state index in [0.29, 0.717) is 41.0 Å². The van der Waals surface area contributed by atoms with Gasteiger partial charge in [-0.05, 0) is 42.0 Å². The molecule has 0 radical (unpaired) electrons. The SMILES string of the molecule is COc1cc(Nc2ncccc2NC(=O)c2cn(Cc3cccc(Oc4ccccc4)c3)nn2)cc(OC)c1. The van der Waals surface area contributed by atoms with E-state index < -0.39 is 5.91 Å². The third kappa shape index (κ3) is 6.50. The Morgan fingerprint density at radius 1 is 0.846 bits per heavy atom. The third-order valence-electron chi connectivity index (χ3n) is 5.66. The first-order chi connectivity index (χ1) is 19.1. The molecule has 0 fully saturated rings. The van der Waals surface area contributed by atoms with Gasteiger partial charge in [0.15, 0.2) is 11.5 Å². The van der Waals surface area contributed by atoms with Crippen LogP contribution in [0.2, 0.25) is 0 Å². The quantitative estimate of drug-likeness (QED) is 0.246.